The quantitative estimate of drug-likeness (QED) is 0.888. The molecule has 3 rings (SSSR count). The topological polar surface area (TPSA) is 55.0 Å². The van der Waals surface area contributed by atoms with Crippen LogP contribution in [-0.2, 0) is 0 Å². The Morgan fingerprint density at radius 3 is 2.37 bits per heavy atom. The first kappa shape index (κ1) is 12.7. The number of hydrogen-bond donors (Lipinski definition) is 1. The van der Waals surface area contributed by atoms with E-state index in [2.05, 4.69) is 23.7 Å². The third-order valence-electron chi connectivity index (χ3n) is 4.53. The summed E-state index contributed by atoms with van der Waals surface area (Å²) in [6.45, 7) is 8.90. The lowest BCUT2D eigenvalue weighted by Crippen LogP contribution is -2.38. The van der Waals surface area contributed by atoms with Crippen LogP contribution in [0.4, 0.5) is 11.6 Å². The Morgan fingerprint density at radius 2 is 1.79 bits per heavy atom. The molecule has 0 radical (unpaired) electrons. The van der Waals surface area contributed by atoms with Gasteiger partial charge in [0.25, 0.3) is 0 Å². The summed E-state index contributed by atoms with van der Waals surface area (Å²) in [5.41, 5.74) is 7.58. The zero-order valence-electron chi connectivity index (χ0n) is 12.2. The summed E-state index contributed by atoms with van der Waals surface area (Å²) in [5, 5.41) is 0. The Labute approximate surface area is 115 Å². The van der Waals surface area contributed by atoms with Gasteiger partial charge in [-0.2, -0.15) is 0 Å². The molecule has 1 saturated carbocycles. The van der Waals surface area contributed by atoms with E-state index in [4.69, 9.17) is 10.7 Å². The van der Waals surface area contributed by atoms with Crippen molar-refractivity contribution in [3.8, 4) is 0 Å². The molecule has 1 aromatic rings. The normalized spacial score (nSPS) is 22.6. The first-order valence-electron chi connectivity index (χ1n) is 7.35. The van der Waals surface area contributed by atoms with Crippen LogP contribution in [0.3, 0.4) is 0 Å². The number of nitrogens with zero attached hydrogens (tertiary/aromatic N) is 3. The molecule has 104 valence electrons. The number of nitrogens with two attached hydrogens (primary N) is 1. The highest BCUT2D eigenvalue weighted by Gasteiger charge is 2.31. The summed E-state index contributed by atoms with van der Waals surface area (Å²) in [5.74, 6) is 3.26. The zero-order chi connectivity index (χ0) is 13.6. The summed E-state index contributed by atoms with van der Waals surface area (Å²) in [7, 11) is 0. The standard InChI is InChI=1S/C15H24N4/c1-10-12(16)17-13(11-4-5-11)18-14(10)19-8-6-15(2,3)7-9-19/h11H,4-9H2,1-3H3,(H2,16,17,18). The molecule has 4 heteroatoms. The van der Waals surface area contributed by atoms with E-state index in [9.17, 15) is 0 Å². The van der Waals surface area contributed by atoms with Gasteiger partial charge in [-0.3, -0.25) is 0 Å². The molecule has 0 atom stereocenters. The van der Waals surface area contributed by atoms with Crippen molar-refractivity contribution in [3.63, 3.8) is 0 Å². The van der Waals surface area contributed by atoms with Crippen molar-refractivity contribution < 1.29 is 0 Å². The van der Waals surface area contributed by atoms with Gasteiger partial charge >= 0.3 is 0 Å². The third-order valence-corrected chi connectivity index (χ3v) is 4.53. The van der Waals surface area contributed by atoms with Gasteiger partial charge in [0.2, 0.25) is 0 Å². The first-order valence-corrected chi connectivity index (χ1v) is 7.35. The molecule has 2 aliphatic rings. The monoisotopic (exact) mass is 260 g/mol. The van der Waals surface area contributed by atoms with Crippen LogP contribution in [0, 0.1) is 12.3 Å². The summed E-state index contributed by atoms with van der Waals surface area (Å²) >= 11 is 0. The fraction of sp³-hybridized carbons (Fsp3) is 0.733. The number of piperidine rings is 1. The molecule has 0 unspecified atom stereocenters. The minimum Gasteiger partial charge on any atom is -0.383 e. The molecule has 2 N–H and O–H groups in total. The van der Waals surface area contributed by atoms with Crippen LogP contribution < -0.4 is 10.6 Å². The SMILES string of the molecule is Cc1c(N)nc(C2CC2)nc1N1CCC(C)(C)CC1. The van der Waals surface area contributed by atoms with Crippen LogP contribution in [-0.4, -0.2) is 23.1 Å². The molecular formula is C15H24N4. The molecule has 0 aromatic carbocycles. The fourth-order valence-corrected chi connectivity index (χ4v) is 2.70. The molecule has 2 fully saturated rings. The lowest BCUT2D eigenvalue weighted by atomic mass is 9.82. The summed E-state index contributed by atoms with van der Waals surface area (Å²) < 4.78 is 0. The molecule has 1 aromatic heterocycles. The summed E-state index contributed by atoms with van der Waals surface area (Å²) in [6.07, 6.45) is 4.87. The predicted octanol–water partition coefficient (Wildman–Crippen LogP) is 2.87. The second kappa shape index (κ2) is 4.36. The Morgan fingerprint density at radius 1 is 1.16 bits per heavy atom. The van der Waals surface area contributed by atoms with Gasteiger partial charge in [0.15, 0.2) is 0 Å². The van der Waals surface area contributed by atoms with Crippen molar-refractivity contribution in [2.24, 2.45) is 5.41 Å². The molecular weight excluding hydrogens is 236 g/mol. The van der Waals surface area contributed by atoms with Crippen LogP contribution in [0.5, 0.6) is 0 Å². The smallest absolute Gasteiger partial charge is 0.137 e. The van der Waals surface area contributed by atoms with Gasteiger partial charge in [0.05, 0.1) is 0 Å². The summed E-state index contributed by atoms with van der Waals surface area (Å²) in [4.78, 5) is 11.7. The second-order valence-corrected chi connectivity index (χ2v) is 6.84. The lowest BCUT2D eigenvalue weighted by molar-refractivity contribution is 0.279. The van der Waals surface area contributed by atoms with E-state index in [0.717, 1.165) is 30.3 Å². The molecule has 1 aliphatic carbocycles. The van der Waals surface area contributed by atoms with Crippen molar-refractivity contribution in [2.75, 3.05) is 23.7 Å². The number of nitrogen functional groups attached to an aromatic ring is 1. The van der Waals surface area contributed by atoms with E-state index < -0.39 is 0 Å². The Hall–Kier alpha value is -1.32. The van der Waals surface area contributed by atoms with E-state index in [1.165, 1.54) is 25.7 Å². The van der Waals surface area contributed by atoms with Crippen LogP contribution in [0.25, 0.3) is 0 Å². The highest BCUT2D eigenvalue weighted by molar-refractivity contribution is 5.57. The summed E-state index contributed by atoms with van der Waals surface area (Å²) in [6, 6.07) is 0. The lowest BCUT2D eigenvalue weighted by Gasteiger charge is -2.38. The molecule has 0 spiro atoms. The molecule has 2 heterocycles. The van der Waals surface area contributed by atoms with Crippen LogP contribution in [0.1, 0.15) is 56.8 Å². The zero-order valence-corrected chi connectivity index (χ0v) is 12.2. The number of anilines is 2. The largest absolute Gasteiger partial charge is 0.383 e. The van der Waals surface area contributed by atoms with Crippen LogP contribution >= 0.6 is 0 Å². The van der Waals surface area contributed by atoms with Gasteiger partial charge in [0.1, 0.15) is 17.5 Å². The van der Waals surface area contributed by atoms with Gasteiger partial charge < -0.3 is 10.6 Å². The number of hydrogen-bond acceptors (Lipinski definition) is 4. The van der Waals surface area contributed by atoms with Gasteiger partial charge in [-0.15, -0.1) is 0 Å². The minimum absolute atomic E-state index is 0.461. The maximum absolute atomic E-state index is 6.07. The van der Waals surface area contributed by atoms with E-state index >= 15 is 0 Å². The van der Waals surface area contributed by atoms with Crippen molar-refractivity contribution in [2.45, 2.75) is 52.4 Å². The molecule has 0 amide bonds. The highest BCUT2D eigenvalue weighted by Crippen LogP contribution is 2.40. The van der Waals surface area contributed by atoms with Crippen molar-refractivity contribution in [1.29, 1.82) is 0 Å². The Kier molecular flexibility index (Phi) is 2.91. The van der Waals surface area contributed by atoms with Crippen molar-refractivity contribution in [3.05, 3.63) is 11.4 Å². The van der Waals surface area contributed by atoms with Crippen LogP contribution in [0.15, 0.2) is 0 Å². The molecule has 19 heavy (non-hydrogen) atoms. The van der Waals surface area contributed by atoms with E-state index in [0.29, 0.717) is 17.2 Å². The van der Waals surface area contributed by atoms with E-state index in [1.54, 1.807) is 0 Å². The predicted molar refractivity (Wildman–Crippen MR) is 78.4 cm³/mol. The van der Waals surface area contributed by atoms with Gasteiger partial charge in [0, 0.05) is 24.6 Å². The fourth-order valence-electron chi connectivity index (χ4n) is 2.70. The van der Waals surface area contributed by atoms with Gasteiger partial charge in [-0.1, -0.05) is 13.8 Å². The van der Waals surface area contributed by atoms with Gasteiger partial charge in [-0.05, 0) is 38.0 Å². The Bertz CT molecular complexity index is 481. The maximum Gasteiger partial charge on any atom is 0.137 e. The molecule has 1 saturated heterocycles. The molecule has 1 aliphatic heterocycles. The second-order valence-electron chi connectivity index (χ2n) is 6.84. The number of aromatic nitrogens is 2. The van der Waals surface area contributed by atoms with E-state index in [-0.39, 0.29) is 0 Å². The van der Waals surface area contributed by atoms with Crippen molar-refractivity contribution >= 4 is 11.6 Å². The minimum atomic E-state index is 0.461. The first-order chi connectivity index (χ1) is 8.96. The molecule has 4 nitrogen and oxygen atoms in total. The highest BCUT2D eigenvalue weighted by atomic mass is 15.2. The van der Waals surface area contributed by atoms with Crippen molar-refractivity contribution in [1.82, 2.24) is 9.97 Å². The third kappa shape index (κ3) is 2.53. The number of rotatable bonds is 2. The van der Waals surface area contributed by atoms with Crippen LogP contribution in [0.2, 0.25) is 0 Å². The van der Waals surface area contributed by atoms with Gasteiger partial charge in [-0.25, -0.2) is 9.97 Å². The Balaban J connectivity index is 1.87. The average Bonchev–Trinajstić information content (AvgIpc) is 3.17. The average molecular weight is 260 g/mol. The van der Waals surface area contributed by atoms with E-state index in [1.807, 2.05) is 6.92 Å². The maximum atomic E-state index is 6.07. The molecule has 0 bridgehead atoms.